The standard InChI is InChI=1S/C13H20FNO3/c1-13(2,3)18-12(17)15-8-5-4-6-9(15)11(14)10(16)7-8/h8-9,11H,4-7H2,1-3H3/t8-,9+,11-/m1/s1. The first-order valence-corrected chi connectivity index (χ1v) is 6.48. The maximum Gasteiger partial charge on any atom is 0.410 e. The zero-order chi connectivity index (χ0) is 13.5. The second kappa shape index (κ2) is 4.52. The summed E-state index contributed by atoms with van der Waals surface area (Å²) in [6, 6.07) is -0.807. The molecule has 0 spiro atoms. The smallest absolute Gasteiger partial charge is 0.410 e. The van der Waals surface area contributed by atoms with Crippen molar-refractivity contribution in [1.82, 2.24) is 4.90 Å². The average molecular weight is 257 g/mol. The van der Waals surface area contributed by atoms with E-state index >= 15 is 0 Å². The minimum absolute atomic E-state index is 0.122. The highest BCUT2D eigenvalue weighted by molar-refractivity contribution is 5.87. The summed E-state index contributed by atoms with van der Waals surface area (Å²) in [7, 11) is 0. The minimum atomic E-state index is -1.55. The molecule has 0 aromatic carbocycles. The first kappa shape index (κ1) is 13.3. The summed E-state index contributed by atoms with van der Waals surface area (Å²) in [5, 5.41) is 0. The predicted molar refractivity (Wildman–Crippen MR) is 64.0 cm³/mol. The number of alkyl halides is 1. The van der Waals surface area contributed by atoms with Gasteiger partial charge in [0, 0.05) is 12.5 Å². The van der Waals surface area contributed by atoms with Gasteiger partial charge in [-0.05, 0) is 40.0 Å². The lowest BCUT2D eigenvalue weighted by Crippen LogP contribution is -2.61. The van der Waals surface area contributed by atoms with Crippen LogP contribution in [0.2, 0.25) is 0 Å². The first-order valence-electron chi connectivity index (χ1n) is 6.48. The fraction of sp³-hybridized carbons (Fsp3) is 0.846. The van der Waals surface area contributed by atoms with Crippen molar-refractivity contribution in [2.45, 2.75) is 70.3 Å². The van der Waals surface area contributed by atoms with E-state index in [0.717, 1.165) is 12.8 Å². The van der Waals surface area contributed by atoms with E-state index < -0.39 is 23.9 Å². The lowest BCUT2D eigenvalue weighted by Gasteiger charge is -2.46. The number of rotatable bonds is 0. The second-order valence-corrected chi connectivity index (χ2v) is 6.11. The van der Waals surface area contributed by atoms with E-state index in [1.807, 2.05) is 0 Å². The maximum absolute atomic E-state index is 13.9. The van der Waals surface area contributed by atoms with Gasteiger partial charge in [-0.2, -0.15) is 0 Å². The molecular weight excluding hydrogens is 237 g/mol. The molecule has 18 heavy (non-hydrogen) atoms. The van der Waals surface area contributed by atoms with Crippen molar-refractivity contribution >= 4 is 11.9 Å². The van der Waals surface area contributed by atoms with Gasteiger partial charge in [-0.1, -0.05) is 0 Å². The molecule has 2 saturated heterocycles. The van der Waals surface area contributed by atoms with Gasteiger partial charge in [0.25, 0.3) is 0 Å². The van der Waals surface area contributed by atoms with Gasteiger partial charge in [-0.25, -0.2) is 9.18 Å². The zero-order valence-electron chi connectivity index (χ0n) is 11.1. The van der Waals surface area contributed by atoms with E-state index in [9.17, 15) is 14.0 Å². The number of nitrogens with zero attached hydrogens (tertiary/aromatic N) is 1. The molecule has 0 N–H and O–H groups in total. The van der Waals surface area contributed by atoms with Crippen molar-refractivity contribution in [2.75, 3.05) is 0 Å². The fourth-order valence-electron chi connectivity index (χ4n) is 2.76. The Balaban J connectivity index is 2.16. The van der Waals surface area contributed by atoms with Gasteiger partial charge in [0.05, 0.1) is 6.04 Å². The summed E-state index contributed by atoms with van der Waals surface area (Å²) in [6.07, 6.45) is 0.247. The molecule has 0 radical (unpaired) electrons. The second-order valence-electron chi connectivity index (χ2n) is 6.11. The maximum atomic E-state index is 13.9. The molecular formula is C13H20FNO3. The third kappa shape index (κ3) is 2.49. The van der Waals surface area contributed by atoms with Crippen LogP contribution in [-0.2, 0) is 9.53 Å². The van der Waals surface area contributed by atoms with Gasteiger partial charge < -0.3 is 4.74 Å². The highest BCUT2D eigenvalue weighted by Gasteiger charge is 2.48. The van der Waals surface area contributed by atoms with E-state index in [1.54, 1.807) is 20.8 Å². The van der Waals surface area contributed by atoms with Crippen LogP contribution >= 0.6 is 0 Å². The number of amides is 1. The molecule has 0 unspecified atom stereocenters. The molecule has 2 aliphatic heterocycles. The number of carbonyl (C=O) groups excluding carboxylic acids is 2. The summed E-state index contributed by atoms with van der Waals surface area (Å²) in [4.78, 5) is 25.1. The topological polar surface area (TPSA) is 46.6 Å². The Morgan fingerprint density at radius 3 is 2.67 bits per heavy atom. The third-order valence-corrected chi connectivity index (χ3v) is 3.47. The van der Waals surface area contributed by atoms with Crippen LogP contribution in [0.25, 0.3) is 0 Å². The molecule has 2 aliphatic rings. The van der Waals surface area contributed by atoms with Crippen molar-refractivity contribution in [3.05, 3.63) is 0 Å². The Labute approximate surface area is 106 Å². The van der Waals surface area contributed by atoms with Crippen molar-refractivity contribution in [1.29, 1.82) is 0 Å². The highest BCUT2D eigenvalue weighted by atomic mass is 19.1. The molecule has 5 heteroatoms. The highest BCUT2D eigenvalue weighted by Crippen LogP contribution is 2.34. The normalized spacial score (nSPS) is 32.3. The summed E-state index contributed by atoms with van der Waals surface area (Å²) < 4.78 is 19.2. The largest absolute Gasteiger partial charge is 0.444 e. The van der Waals surface area contributed by atoms with Gasteiger partial charge in [0.2, 0.25) is 0 Å². The molecule has 1 amide bonds. The van der Waals surface area contributed by atoms with Crippen molar-refractivity contribution in [3.63, 3.8) is 0 Å². The fourth-order valence-corrected chi connectivity index (χ4v) is 2.76. The average Bonchev–Trinajstić information content (AvgIpc) is 2.23. The molecule has 0 saturated carbocycles. The first-order chi connectivity index (χ1) is 8.29. The number of halogens is 1. The number of fused-ring (bicyclic) bond motifs is 2. The van der Waals surface area contributed by atoms with Crippen LogP contribution < -0.4 is 0 Å². The molecule has 4 nitrogen and oxygen atoms in total. The molecule has 0 aromatic heterocycles. The number of hydrogen-bond donors (Lipinski definition) is 0. The number of carbonyl (C=O) groups is 2. The van der Waals surface area contributed by atoms with Crippen LogP contribution in [0, 0.1) is 0 Å². The molecule has 102 valence electrons. The minimum Gasteiger partial charge on any atom is -0.444 e. The van der Waals surface area contributed by atoms with E-state index in [2.05, 4.69) is 0 Å². The lowest BCUT2D eigenvalue weighted by atomic mass is 9.83. The number of ether oxygens (including phenoxy) is 1. The Hall–Kier alpha value is -1.13. The van der Waals surface area contributed by atoms with Crippen LogP contribution in [0.1, 0.15) is 46.5 Å². The SMILES string of the molecule is CC(C)(C)OC(=O)N1[C@@H]2CCC[C@H]1[C@@H](F)C(=O)C2. The van der Waals surface area contributed by atoms with Gasteiger partial charge in [-0.15, -0.1) is 0 Å². The Bertz CT molecular complexity index is 364. The quantitative estimate of drug-likeness (QED) is 0.669. The van der Waals surface area contributed by atoms with Crippen LogP contribution in [0.3, 0.4) is 0 Å². The predicted octanol–water partition coefficient (Wildman–Crippen LogP) is 2.46. The molecule has 2 rings (SSSR count). The molecule has 0 aromatic rings. The number of ketones is 1. The van der Waals surface area contributed by atoms with E-state index in [-0.39, 0.29) is 18.2 Å². The Kier molecular flexibility index (Phi) is 3.34. The third-order valence-electron chi connectivity index (χ3n) is 3.47. The van der Waals surface area contributed by atoms with E-state index in [1.165, 1.54) is 4.90 Å². The van der Waals surface area contributed by atoms with Crippen LogP contribution in [0.5, 0.6) is 0 Å². The summed E-state index contributed by atoms with van der Waals surface area (Å²) in [6.45, 7) is 5.34. The molecule has 3 atom stereocenters. The van der Waals surface area contributed by atoms with Crippen LogP contribution in [0.15, 0.2) is 0 Å². The van der Waals surface area contributed by atoms with Crippen molar-refractivity contribution in [2.24, 2.45) is 0 Å². The van der Waals surface area contributed by atoms with E-state index in [0.29, 0.717) is 6.42 Å². The summed E-state index contributed by atoms with van der Waals surface area (Å²) in [5.41, 5.74) is -0.599. The van der Waals surface area contributed by atoms with Gasteiger partial charge in [0.1, 0.15) is 5.60 Å². The van der Waals surface area contributed by atoms with Crippen LogP contribution in [0.4, 0.5) is 9.18 Å². The lowest BCUT2D eigenvalue weighted by molar-refractivity contribution is -0.135. The van der Waals surface area contributed by atoms with Crippen LogP contribution in [-0.4, -0.2) is 40.6 Å². The number of Topliss-reactive ketones (excluding diaryl/α,β-unsaturated/α-hetero) is 1. The molecule has 2 fully saturated rings. The van der Waals surface area contributed by atoms with Gasteiger partial charge >= 0.3 is 6.09 Å². The zero-order valence-corrected chi connectivity index (χ0v) is 11.1. The summed E-state index contributed by atoms with van der Waals surface area (Å²) in [5.74, 6) is -0.371. The monoisotopic (exact) mass is 257 g/mol. The Morgan fingerprint density at radius 1 is 1.39 bits per heavy atom. The number of piperidine rings is 2. The van der Waals surface area contributed by atoms with Crippen molar-refractivity contribution in [3.8, 4) is 0 Å². The van der Waals surface area contributed by atoms with E-state index in [4.69, 9.17) is 4.74 Å². The molecule has 2 heterocycles. The van der Waals surface area contributed by atoms with Gasteiger partial charge in [0.15, 0.2) is 12.0 Å². The van der Waals surface area contributed by atoms with Gasteiger partial charge in [-0.3, -0.25) is 9.69 Å². The molecule has 2 bridgehead atoms. The molecule has 0 aliphatic carbocycles. The number of hydrogen-bond acceptors (Lipinski definition) is 3. The summed E-state index contributed by atoms with van der Waals surface area (Å²) >= 11 is 0. The van der Waals surface area contributed by atoms with Crippen molar-refractivity contribution < 1.29 is 18.7 Å². The Morgan fingerprint density at radius 2 is 2.06 bits per heavy atom.